The lowest BCUT2D eigenvalue weighted by molar-refractivity contribution is -0.120. The van der Waals surface area contributed by atoms with Crippen molar-refractivity contribution in [3.05, 3.63) is 64.2 Å². The van der Waals surface area contributed by atoms with Crippen molar-refractivity contribution in [2.45, 2.75) is 23.7 Å². The van der Waals surface area contributed by atoms with Crippen molar-refractivity contribution in [1.82, 2.24) is 15.3 Å². The molecule has 1 amide bonds. The topological polar surface area (TPSA) is 54.9 Å². The molecule has 27 heavy (non-hydrogen) atoms. The van der Waals surface area contributed by atoms with Gasteiger partial charge in [-0.25, -0.2) is 9.97 Å². The van der Waals surface area contributed by atoms with Crippen LogP contribution < -0.4 is 5.32 Å². The van der Waals surface area contributed by atoms with Crippen LogP contribution in [0.4, 0.5) is 0 Å². The average molecular weight is 412 g/mol. The highest BCUT2D eigenvalue weighted by molar-refractivity contribution is 8.00. The van der Waals surface area contributed by atoms with Crippen molar-refractivity contribution in [3.63, 3.8) is 0 Å². The molecule has 0 saturated carbocycles. The molecule has 0 aliphatic heterocycles. The third-order valence-electron chi connectivity index (χ3n) is 3.98. The Morgan fingerprint density at radius 1 is 1.07 bits per heavy atom. The van der Waals surface area contributed by atoms with E-state index in [4.69, 9.17) is 4.98 Å². The smallest absolute Gasteiger partial charge is 0.233 e. The predicted octanol–water partition coefficient (Wildman–Crippen LogP) is 5.22. The van der Waals surface area contributed by atoms with Gasteiger partial charge in [-0.2, -0.15) is 0 Å². The first-order valence-electron chi connectivity index (χ1n) is 8.48. The third-order valence-corrected chi connectivity index (χ3v) is 6.83. The van der Waals surface area contributed by atoms with Crippen LogP contribution in [0.1, 0.15) is 11.8 Å². The van der Waals surface area contributed by atoms with Crippen molar-refractivity contribution in [2.75, 3.05) is 0 Å². The van der Waals surface area contributed by atoms with E-state index in [1.54, 1.807) is 22.7 Å². The van der Waals surface area contributed by atoms with Gasteiger partial charge in [-0.3, -0.25) is 4.79 Å². The highest BCUT2D eigenvalue weighted by Gasteiger charge is 2.18. The van der Waals surface area contributed by atoms with E-state index in [9.17, 15) is 4.79 Å². The van der Waals surface area contributed by atoms with Crippen LogP contribution in [0.2, 0.25) is 0 Å². The van der Waals surface area contributed by atoms with Gasteiger partial charge in [0.2, 0.25) is 5.91 Å². The number of thioether (sulfide) groups is 1. The number of hydrogen-bond acceptors (Lipinski definition) is 6. The second-order valence-corrected chi connectivity index (χ2v) is 9.21. The minimum absolute atomic E-state index is 0.00812. The Hall–Kier alpha value is -2.22. The zero-order valence-electron chi connectivity index (χ0n) is 14.6. The number of carbonyl (C=O) groups is 1. The number of aromatic nitrogens is 2. The molecule has 1 N–H and O–H groups in total. The zero-order valence-corrected chi connectivity index (χ0v) is 17.0. The van der Waals surface area contributed by atoms with Crippen LogP contribution in [-0.4, -0.2) is 21.1 Å². The quantitative estimate of drug-likeness (QED) is 0.349. The molecule has 0 saturated heterocycles. The van der Waals surface area contributed by atoms with Crippen LogP contribution in [0.25, 0.3) is 21.6 Å². The number of nitrogens with one attached hydrogen (secondary N) is 1. The van der Waals surface area contributed by atoms with E-state index < -0.39 is 0 Å². The van der Waals surface area contributed by atoms with Crippen molar-refractivity contribution in [2.24, 2.45) is 0 Å². The summed E-state index contributed by atoms with van der Waals surface area (Å²) in [7, 11) is 0. The maximum Gasteiger partial charge on any atom is 0.233 e. The van der Waals surface area contributed by atoms with Gasteiger partial charge in [-0.1, -0.05) is 42.1 Å². The second-order valence-electron chi connectivity index (χ2n) is 5.90. The van der Waals surface area contributed by atoms with Crippen LogP contribution in [0.15, 0.2) is 64.3 Å². The van der Waals surface area contributed by atoms with Gasteiger partial charge < -0.3 is 5.32 Å². The van der Waals surface area contributed by atoms with Crippen LogP contribution in [-0.2, 0) is 11.3 Å². The standard InChI is InChI=1S/C20H17N3OS3/c1-13(19(24)21-12-14-6-4-10-25-14)27-20-15-7-2-3-8-16(15)22-18(23-20)17-9-5-11-26-17/h2-11,13H,12H2,1H3,(H,21,24)/t13-/m0/s1. The van der Waals surface area contributed by atoms with Gasteiger partial charge >= 0.3 is 0 Å². The number of benzene rings is 1. The zero-order chi connectivity index (χ0) is 18.6. The second kappa shape index (κ2) is 8.21. The molecule has 3 aromatic heterocycles. The minimum Gasteiger partial charge on any atom is -0.350 e. The molecular formula is C20H17N3OS3. The number of hydrogen-bond donors (Lipinski definition) is 1. The summed E-state index contributed by atoms with van der Waals surface area (Å²) in [4.78, 5) is 24.1. The molecule has 7 heteroatoms. The molecule has 0 aliphatic rings. The lowest BCUT2D eigenvalue weighted by Crippen LogP contribution is -2.30. The van der Waals surface area contributed by atoms with Crippen LogP contribution >= 0.6 is 34.4 Å². The number of carbonyl (C=O) groups excluding carboxylic acids is 1. The Balaban J connectivity index is 1.57. The molecule has 1 aromatic carbocycles. The van der Waals surface area contributed by atoms with Crippen LogP contribution in [0, 0.1) is 0 Å². The molecular weight excluding hydrogens is 394 g/mol. The molecule has 0 bridgehead atoms. The van der Waals surface area contributed by atoms with Crippen molar-refractivity contribution in [1.29, 1.82) is 0 Å². The summed E-state index contributed by atoms with van der Waals surface area (Å²) >= 11 is 4.73. The first kappa shape index (κ1) is 18.2. The molecule has 4 nitrogen and oxygen atoms in total. The number of rotatable bonds is 6. The fourth-order valence-corrected chi connectivity index (χ4v) is 4.87. The van der Waals surface area contributed by atoms with Gasteiger partial charge in [0.05, 0.1) is 22.2 Å². The maximum absolute atomic E-state index is 12.5. The largest absolute Gasteiger partial charge is 0.350 e. The van der Waals surface area contributed by atoms with E-state index in [1.807, 2.05) is 66.2 Å². The average Bonchev–Trinajstić information content (AvgIpc) is 3.39. The summed E-state index contributed by atoms with van der Waals surface area (Å²) in [5.74, 6) is 0.714. The van der Waals surface area contributed by atoms with Gasteiger partial charge in [0.1, 0.15) is 5.03 Å². The molecule has 3 heterocycles. The Morgan fingerprint density at radius 3 is 2.67 bits per heavy atom. The fourth-order valence-electron chi connectivity index (χ4n) is 2.61. The van der Waals surface area contributed by atoms with Crippen LogP contribution in [0.3, 0.4) is 0 Å². The van der Waals surface area contributed by atoms with Gasteiger partial charge in [-0.15, -0.1) is 22.7 Å². The third kappa shape index (κ3) is 4.21. The highest BCUT2D eigenvalue weighted by Crippen LogP contribution is 2.32. The first-order valence-corrected chi connectivity index (χ1v) is 11.1. The Kier molecular flexibility index (Phi) is 5.52. The van der Waals surface area contributed by atoms with E-state index in [0.717, 1.165) is 25.7 Å². The van der Waals surface area contributed by atoms with Gasteiger partial charge in [0, 0.05) is 10.3 Å². The lowest BCUT2D eigenvalue weighted by atomic mass is 10.2. The van der Waals surface area contributed by atoms with Crippen molar-refractivity contribution in [3.8, 4) is 10.7 Å². The van der Waals surface area contributed by atoms with E-state index in [1.165, 1.54) is 11.8 Å². The van der Waals surface area contributed by atoms with Gasteiger partial charge in [-0.05, 0) is 35.9 Å². The fraction of sp³-hybridized carbons (Fsp3) is 0.150. The molecule has 0 spiro atoms. The normalized spacial score (nSPS) is 12.2. The number of amides is 1. The van der Waals surface area contributed by atoms with Crippen LogP contribution in [0.5, 0.6) is 0 Å². The Morgan fingerprint density at radius 2 is 1.89 bits per heavy atom. The molecule has 0 fully saturated rings. The Labute approximate surface area is 169 Å². The molecule has 4 aromatic rings. The monoisotopic (exact) mass is 411 g/mol. The highest BCUT2D eigenvalue weighted by atomic mass is 32.2. The molecule has 4 rings (SSSR count). The predicted molar refractivity (Wildman–Crippen MR) is 114 cm³/mol. The lowest BCUT2D eigenvalue weighted by Gasteiger charge is -2.13. The van der Waals surface area contributed by atoms with Crippen molar-refractivity contribution >= 4 is 51.2 Å². The summed E-state index contributed by atoms with van der Waals surface area (Å²) in [5, 5.41) is 8.59. The molecule has 0 aliphatic carbocycles. The minimum atomic E-state index is -0.251. The summed E-state index contributed by atoms with van der Waals surface area (Å²) in [5.41, 5.74) is 0.893. The van der Waals surface area contributed by atoms with Gasteiger partial charge in [0.25, 0.3) is 0 Å². The summed E-state index contributed by atoms with van der Waals surface area (Å²) < 4.78 is 0. The number of nitrogens with zero attached hydrogens (tertiary/aromatic N) is 2. The van der Waals surface area contributed by atoms with Crippen molar-refractivity contribution < 1.29 is 4.79 Å². The number of fused-ring (bicyclic) bond motifs is 1. The molecule has 0 unspecified atom stereocenters. The summed E-state index contributed by atoms with van der Waals surface area (Å²) in [6, 6.07) is 16.0. The summed E-state index contributed by atoms with van der Waals surface area (Å²) in [6.45, 7) is 2.47. The summed E-state index contributed by atoms with van der Waals surface area (Å²) in [6.07, 6.45) is 0. The SMILES string of the molecule is C[C@H](Sc1nc(-c2cccs2)nc2ccccc12)C(=O)NCc1cccs1. The molecule has 136 valence electrons. The Bertz CT molecular complexity index is 1050. The van der Waals surface area contributed by atoms with E-state index >= 15 is 0 Å². The molecule has 0 radical (unpaired) electrons. The maximum atomic E-state index is 12.5. The number of para-hydroxylation sites is 1. The number of thiophene rings is 2. The first-order chi connectivity index (χ1) is 13.2. The van der Waals surface area contributed by atoms with Gasteiger partial charge in [0.15, 0.2) is 5.82 Å². The van der Waals surface area contributed by atoms with E-state index in [-0.39, 0.29) is 11.2 Å². The molecule has 1 atom stereocenters. The van der Waals surface area contributed by atoms with E-state index in [2.05, 4.69) is 10.3 Å². The van der Waals surface area contributed by atoms with E-state index in [0.29, 0.717) is 12.4 Å².